The lowest BCUT2D eigenvalue weighted by atomic mass is 9.93. The van der Waals surface area contributed by atoms with E-state index < -0.39 is 0 Å². The smallest absolute Gasteiger partial charge is 0.191 e. The fourth-order valence-corrected chi connectivity index (χ4v) is 4.34. The van der Waals surface area contributed by atoms with Crippen molar-refractivity contribution < 1.29 is 0 Å². The fraction of sp³-hybridized carbons (Fsp3) is 0.682. The Morgan fingerprint density at radius 2 is 1.89 bits per heavy atom. The number of guanidine groups is 1. The first-order valence-corrected chi connectivity index (χ1v) is 10.8. The summed E-state index contributed by atoms with van der Waals surface area (Å²) in [6.45, 7) is 9.21. The molecule has 0 aromatic heterocycles. The van der Waals surface area contributed by atoms with Crippen LogP contribution in [0.5, 0.6) is 0 Å². The third-order valence-corrected chi connectivity index (χ3v) is 6.11. The molecule has 3 rings (SSSR count). The van der Waals surface area contributed by atoms with E-state index in [2.05, 4.69) is 62.7 Å². The van der Waals surface area contributed by atoms with E-state index >= 15 is 0 Å². The van der Waals surface area contributed by atoms with Crippen molar-refractivity contribution in [3.8, 4) is 0 Å². The lowest BCUT2D eigenvalue weighted by molar-refractivity contribution is 0.187. The van der Waals surface area contributed by atoms with Crippen LogP contribution in [0.2, 0.25) is 0 Å². The SMILES string of the molecule is CCN1CCC(CCNC(=NC)NC2CCCN(c3ccccc3)C2)CC1. The topological polar surface area (TPSA) is 42.9 Å². The van der Waals surface area contributed by atoms with Crippen molar-refractivity contribution in [2.45, 2.75) is 45.1 Å². The molecule has 0 amide bonds. The van der Waals surface area contributed by atoms with Crippen LogP contribution in [0.4, 0.5) is 5.69 Å². The van der Waals surface area contributed by atoms with Crippen molar-refractivity contribution in [3.05, 3.63) is 30.3 Å². The first kappa shape index (κ1) is 20.0. The highest BCUT2D eigenvalue weighted by Gasteiger charge is 2.21. The second kappa shape index (κ2) is 10.5. The van der Waals surface area contributed by atoms with Crippen LogP contribution < -0.4 is 15.5 Å². The molecule has 0 saturated carbocycles. The van der Waals surface area contributed by atoms with Crippen molar-refractivity contribution in [1.29, 1.82) is 0 Å². The van der Waals surface area contributed by atoms with Gasteiger partial charge in [-0.1, -0.05) is 25.1 Å². The summed E-state index contributed by atoms with van der Waals surface area (Å²) in [6, 6.07) is 11.2. The number of aliphatic imine (C=N–C) groups is 1. The zero-order valence-electron chi connectivity index (χ0n) is 17.2. The van der Waals surface area contributed by atoms with Gasteiger partial charge in [-0.25, -0.2) is 0 Å². The molecule has 0 bridgehead atoms. The van der Waals surface area contributed by atoms with Gasteiger partial charge in [0, 0.05) is 38.4 Å². The number of anilines is 1. The second-order valence-electron chi connectivity index (χ2n) is 7.93. The lowest BCUT2D eigenvalue weighted by Crippen LogP contribution is -2.51. The van der Waals surface area contributed by atoms with Gasteiger partial charge in [-0.15, -0.1) is 0 Å². The van der Waals surface area contributed by atoms with Crippen molar-refractivity contribution in [2.24, 2.45) is 10.9 Å². The monoisotopic (exact) mass is 371 g/mol. The van der Waals surface area contributed by atoms with Crippen LogP contribution in [0.15, 0.2) is 35.3 Å². The summed E-state index contributed by atoms with van der Waals surface area (Å²) in [6.07, 6.45) is 6.37. The fourth-order valence-electron chi connectivity index (χ4n) is 4.34. The molecule has 1 atom stereocenters. The summed E-state index contributed by atoms with van der Waals surface area (Å²) < 4.78 is 0. The van der Waals surface area contributed by atoms with Gasteiger partial charge in [-0.05, 0) is 69.8 Å². The summed E-state index contributed by atoms with van der Waals surface area (Å²) >= 11 is 0. The zero-order valence-corrected chi connectivity index (χ0v) is 17.2. The molecule has 1 aromatic carbocycles. The van der Waals surface area contributed by atoms with Gasteiger partial charge in [0.15, 0.2) is 5.96 Å². The van der Waals surface area contributed by atoms with E-state index in [1.807, 2.05) is 7.05 Å². The zero-order chi connectivity index (χ0) is 18.9. The molecule has 0 aliphatic carbocycles. The van der Waals surface area contributed by atoms with Gasteiger partial charge in [-0.2, -0.15) is 0 Å². The van der Waals surface area contributed by atoms with Gasteiger partial charge in [0.1, 0.15) is 0 Å². The maximum Gasteiger partial charge on any atom is 0.191 e. The molecule has 1 unspecified atom stereocenters. The first-order valence-electron chi connectivity index (χ1n) is 10.8. The molecule has 5 heteroatoms. The third-order valence-electron chi connectivity index (χ3n) is 6.11. The summed E-state index contributed by atoms with van der Waals surface area (Å²) in [5, 5.41) is 7.20. The molecule has 0 radical (unpaired) electrons. The third kappa shape index (κ3) is 6.13. The van der Waals surface area contributed by atoms with Gasteiger partial charge in [0.2, 0.25) is 0 Å². The molecule has 2 fully saturated rings. The van der Waals surface area contributed by atoms with Crippen LogP contribution >= 0.6 is 0 Å². The minimum absolute atomic E-state index is 0.456. The molecule has 27 heavy (non-hydrogen) atoms. The van der Waals surface area contributed by atoms with E-state index in [0.29, 0.717) is 6.04 Å². The van der Waals surface area contributed by atoms with E-state index in [1.54, 1.807) is 0 Å². The Kier molecular flexibility index (Phi) is 7.81. The predicted molar refractivity (Wildman–Crippen MR) is 116 cm³/mol. The van der Waals surface area contributed by atoms with E-state index in [9.17, 15) is 0 Å². The van der Waals surface area contributed by atoms with Crippen LogP contribution in [0, 0.1) is 5.92 Å². The average molecular weight is 372 g/mol. The number of likely N-dealkylation sites (tertiary alicyclic amines) is 1. The van der Waals surface area contributed by atoms with Gasteiger partial charge >= 0.3 is 0 Å². The summed E-state index contributed by atoms with van der Waals surface area (Å²) in [5.74, 6) is 1.82. The Hall–Kier alpha value is -1.75. The molecule has 2 N–H and O–H groups in total. The molecule has 2 aliphatic rings. The largest absolute Gasteiger partial charge is 0.369 e. The van der Waals surface area contributed by atoms with Crippen LogP contribution in [0.25, 0.3) is 0 Å². The van der Waals surface area contributed by atoms with Gasteiger partial charge in [0.05, 0.1) is 0 Å². The molecule has 150 valence electrons. The number of rotatable bonds is 6. The Balaban J connectivity index is 1.39. The molecular formula is C22H37N5. The Morgan fingerprint density at radius 1 is 1.11 bits per heavy atom. The highest BCUT2D eigenvalue weighted by atomic mass is 15.2. The maximum atomic E-state index is 4.46. The Bertz CT molecular complexity index is 565. The summed E-state index contributed by atoms with van der Waals surface area (Å²) in [7, 11) is 1.88. The summed E-state index contributed by atoms with van der Waals surface area (Å²) in [4.78, 5) is 9.50. The molecule has 2 aliphatic heterocycles. The minimum Gasteiger partial charge on any atom is -0.369 e. The molecule has 5 nitrogen and oxygen atoms in total. The number of benzene rings is 1. The second-order valence-corrected chi connectivity index (χ2v) is 7.93. The van der Waals surface area contributed by atoms with Gasteiger partial charge in [0.25, 0.3) is 0 Å². The normalized spacial score (nSPS) is 22.7. The van der Waals surface area contributed by atoms with E-state index in [-0.39, 0.29) is 0 Å². The Labute approximate surface area is 165 Å². The number of piperidine rings is 2. The quantitative estimate of drug-likeness (QED) is 0.596. The highest BCUT2D eigenvalue weighted by molar-refractivity contribution is 5.80. The average Bonchev–Trinajstić information content (AvgIpc) is 2.74. The van der Waals surface area contributed by atoms with Crippen molar-refractivity contribution in [1.82, 2.24) is 15.5 Å². The van der Waals surface area contributed by atoms with Crippen molar-refractivity contribution in [2.75, 3.05) is 51.2 Å². The van der Waals surface area contributed by atoms with Crippen LogP contribution in [0.3, 0.4) is 0 Å². The number of hydrogen-bond acceptors (Lipinski definition) is 3. The first-order chi connectivity index (χ1) is 13.3. The van der Waals surface area contributed by atoms with E-state index in [1.165, 1.54) is 57.4 Å². The predicted octanol–water partition coefficient (Wildman–Crippen LogP) is 2.94. The van der Waals surface area contributed by atoms with Gasteiger partial charge in [-0.3, -0.25) is 4.99 Å². The highest BCUT2D eigenvalue weighted by Crippen LogP contribution is 2.20. The molecule has 2 saturated heterocycles. The van der Waals surface area contributed by atoms with Crippen LogP contribution in [-0.2, 0) is 0 Å². The van der Waals surface area contributed by atoms with Crippen molar-refractivity contribution >= 4 is 11.6 Å². The maximum absolute atomic E-state index is 4.46. The van der Waals surface area contributed by atoms with Gasteiger partial charge < -0.3 is 20.4 Å². The summed E-state index contributed by atoms with van der Waals surface area (Å²) in [5.41, 5.74) is 1.32. The standard InChI is InChI=1S/C22H37N5/c1-3-26-16-12-19(13-17-26)11-14-24-22(23-2)25-20-8-7-15-27(18-20)21-9-5-4-6-10-21/h4-6,9-10,19-20H,3,7-8,11-18H2,1-2H3,(H2,23,24,25). The van der Waals surface area contributed by atoms with E-state index in [0.717, 1.165) is 31.5 Å². The van der Waals surface area contributed by atoms with Crippen molar-refractivity contribution in [3.63, 3.8) is 0 Å². The number of nitrogens with zero attached hydrogens (tertiary/aromatic N) is 3. The molecule has 2 heterocycles. The number of nitrogens with one attached hydrogen (secondary N) is 2. The minimum atomic E-state index is 0.456. The van der Waals surface area contributed by atoms with E-state index in [4.69, 9.17) is 0 Å². The molecule has 1 aromatic rings. The molecule has 0 spiro atoms. The lowest BCUT2D eigenvalue weighted by Gasteiger charge is -2.35. The number of hydrogen-bond donors (Lipinski definition) is 2. The van der Waals surface area contributed by atoms with Crippen LogP contribution in [0.1, 0.15) is 39.0 Å². The number of para-hydroxylation sites is 1. The van der Waals surface area contributed by atoms with Crippen LogP contribution in [-0.4, -0.2) is 63.2 Å². The Morgan fingerprint density at radius 3 is 2.59 bits per heavy atom. The molecular weight excluding hydrogens is 334 g/mol.